The molecule has 124 valence electrons. The van der Waals surface area contributed by atoms with Gasteiger partial charge in [0.05, 0.1) is 0 Å². The lowest BCUT2D eigenvalue weighted by Gasteiger charge is -2.21. The highest BCUT2D eigenvalue weighted by Gasteiger charge is 2.40. The van der Waals surface area contributed by atoms with Crippen LogP contribution in [0.4, 0.5) is 5.69 Å². The summed E-state index contributed by atoms with van der Waals surface area (Å²) < 4.78 is 10.9. The predicted molar refractivity (Wildman–Crippen MR) is 88.7 cm³/mol. The summed E-state index contributed by atoms with van der Waals surface area (Å²) in [6.07, 6.45) is 7.94. The van der Waals surface area contributed by atoms with E-state index in [1.54, 1.807) is 0 Å². The average Bonchev–Trinajstić information content (AvgIpc) is 3.23. The first-order chi connectivity index (χ1) is 11.2. The molecular formula is C19H25NO3. The minimum atomic E-state index is 0.152. The van der Waals surface area contributed by atoms with Crippen molar-refractivity contribution in [1.29, 1.82) is 0 Å². The fourth-order valence-electron chi connectivity index (χ4n) is 4.64. The van der Waals surface area contributed by atoms with Crippen LogP contribution >= 0.6 is 0 Å². The summed E-state index contributed by atoms with van der Waals surface area (Å²) >= 11 is 0. The third-order valence-corrected chi connectivity index (χ3v) is 5.72. The van der Waals surface area contributed by atoms with Crippen molar-refractivity contribution in [3.8, 4) is 11.5 Å². The molecule has 1 N–H and O–H groups in total. The van der Waals surface area contributed by atoms with Crippen LogP contribution in [-0.2, 0) is 11.2 Å². The minimum Gasteiger partial charge on any atom is -0.454 e. The fourth-order valence-corrected chi connectivity index (χ4v) is 4.64. The van der Waals surface area contributed by atoms with Crippen LogP contribution in [0, 0.1) is 17.8 Å². The SMILES string of the molecule is CCCc1cc2c(cc1NC(=O)CC1CC3CCC1C3)OCO2. The Balaban J connectivity index is 1.46. The van der Waals surface area contributed by atoms with Gasteiger partial charge in [0.1, 0.15) is 0 Å². The molecule has 2 fully saturated rings. The molecule has 1 aromatic rings. The molecule has 1 aromatic carbocycles. The van der Waals surface area contributed by atoms with Crippen molar-refractivity contribution >= 4 is 11.6 Å². The first-order valence-electron chi connectivity index (χ1n) is 8.95. The maximum absolute atomic E-state index is 12.5. The molecule has 3 atom stereocenters. The van der Waals surface area contributed by atoms with Gasteiger partial charge >= 0.3 is 0 Å². The van der Waals surface area contributed by atoms with Gasteiger partial charge in [0.2, 0.25) is 12.7 Å². The minimum absolute atomic E-state index is 0.152. The molecule has 0 spiro atoms. The van der Waals surface area contributed by atoms with Gasteiger partial charge in [-0.1, -0.05) is 19.8 Å². The molecule has 3 unspecified atom stereocenters. The van der Waals surface area contributed by atoms with Gasteiger partial charge in [-0.3, -0.25) is 4.79 Å². The second kappa shape index (κ2) is 6.06. The number of aryl methyl sites for hydroxylation is 1. The number of ether oxygens (including phenoxy) is 2. The monoisotopic (exact) mass is 315 g/mol. The molecule has 1 heterocycles. The molecule has 3 aliphatic rings. The van der Waals surface area contributed by atoms with E-state index in [9.17, 15) is 4.79 Å². The number of carbonyl (C=O) groups excluding carboxylic acids is 1. The zero-order valence-electron chi connectivity index (χ0n) is 13.8. The zero-order valence-corrected chi connectivity index (χ0v) is 13.8. The summed E-state index contributed by atoms with van der Waals surface area (Å²) in [5.41, 5.74) is 2.03. The number of hydrogen-bond donors (Lipinski definition) is 1. The zero-order chi connectivity index (χ0) is 15.8. The van der Waals surface area contributed by atoms with Crippen LogP contribution < -0.4 is 14.8 Å². The average molecular weight is 315 g/mol. The van der Waals surface area contributed by atoms with Gasteiger partial charge in [0, 0.05) is 18.2 Å². The summed E-state index contributed by atoms with van der Waals surface area (Å²) in [5.74, 6) is 3.95. The highest BCUT2D eigenvalue weighted by Crippen LogP contribution is 2.49. The Labute approximate surface area is 137 Å². The van der Waals surface area contributed by atoms with Crippen molar-refractivity contribution in [2.24, 2.45) is 17.8 Å². The van der Waals surface area contributed by atoms with E-state index in [-0.39, 0.29) is 12.7 Å². The lowest BCUT2D eigenvalue weighted by atomic mass is 9.86. The van der Waals surface area contributed by atoms with E-state index in [0.717, 1.165) is 47.4 Å². The maximum atomic E-state index is 12.5. The summed E-state index contributed by atoms with van der Waals surface area (Å²) in [6.45, 7) is 2.41. The number of rotatable bonds is 5. The molecule has 2 aliphatic carbocycles. The number of fused-ring (bicyclic) bond motifs is 3. The number of anilines is 1. The van der Waals surface area contributed by atoms with E-state index >= 15 is 0 Å². The van der Waals surface area contributed by atoms with Gasteiger partial charge in [-0.05, 0) is 55.1 Å². The van der Waals surface area contributed by atoms with Crippen molar-refractivity contribution in [2.45, 2.75) is 51.9 Å². The van der Waals surface area contributed by atoms with E-state index < -0.39 is 0 Å². The number of nitrogens with one attached hydrogen (secondary N) is 1. The standard InChI is InChI=1S/C19H25NO3/c1-2-3-14-8-17-18(23-11-22-17)10-16(14)20-19(21)9-15-7-12-4-5-13(15)6-12/h8,10,12-13,15H,2-7,9,11H2,1H3,(H,20,21). The molecular weight excluding hydrogens is 290 g/mol. The molecule has 0 saturated heterocycles. The quantitative estimate of drug-likeness (QED) is 0.888. The highest BCUT2D eigenvalue weighted by atomic mass is 16.7. The first-order valence-corrected chi connectivity index (χ1v) is 8.95. The van der Waals surface area contributed by atoms with Gasteiger partial charge in [-0.25, -0.2) is 0 Å². The Hall–Kier alpha value is -1.71. The molecule has 2 bridgehead atoms. The van der Waals surface area contributed by atoms with Crippen LogP contribution in [-0.4, -0.2) is 12.7 Å². The summed E-state index contributed by atoms with van der Waals surface area (Å²) in [7, 11) is 0. The van der Waals surface area contributed by atoms with Gasteiger partial charge in [0.15, 0.2) is 11.5 Å². The highest BCUT2D eigenvalue weighted by molar-refractivity contribution is 5.92. The van der Waals surface area contributed by atoms with Gasteiger partial charge in [-0.2, -0.15) is 0 Å². The molecule has 4 rings (SSSR count). The van der Waals surface area contributed by atoms with Crippen LogP contribution in [0.2, 0.25) is 0 Å². The molecule has 4 heteroatoms. The predicted octanol–water partition coefficient (Wildman–Crippen LogP) is 4.13. The van der Waals surface area contributed by atoms with Crippen molar-refractivity contribution in [2.75, 3.05) is 12.1 Å². The number of amides is 1. The van der Waals surface area contributed by atoms with Crippen LogP contribution in [0.3, 0.4) is 0 Å². The van der Waals surface area contributed by atoms with E-state index in [2.05, 4.69) is 12.2 Å². The Morgan fingerprint density at radius 2 is 2.04 bits per heavy atom. The van der Waals surface area contributed by atoms with Crippen molar-refractivity contribution in [1.82, 2.24) is 0 Å². The van der Waals surface area contributed by atoms with Crippen LogP contribution in [0.25, 0.3) is 0 Å². The lowest BCUT2D eigenvalue weighted by Crippen LogP contribution is -2.20. The lowest BCUT2D eigenvalue weighted by molar-refractivity contribution is -0.117. The van der Waals surface area contributed by atoms with Crippen molar-refractivity contribution in [3.05, 3.63) is 17.7 Å². The molecule has 1 aliphatic heterocycles. The molecule has 23 heavy (non-hydrogen) atoms. The van der Waals surface area contributed by atoms with Crippen molar-refractivity contribution < 1.29 is 14.3 Å². The van der Waals surface area contributed by atoms with Gasteiger partial charge in [0.25, 0.3) is 0 Å². The number of carbonyl (C=O) groups is 1. The first kappa shape index (κ1) is 14.9. The fraction of sp³-hybridized carbons (Fsp3) is 0.632. The van der Waals surface area contributed by atoms with E-state index in [1.165, 1.54) is 25.7 Å². The van der Waals surface area contributed by atoms with Crippen molar-refractivity contribution in [3.63, 3.8) is 0 Å². The molecule has 0 radical (unpaired) electrons. The number of hydrogen-bond acceptors (Lipinski definition) is 3. The normalized spacial score (nSPS) is 27.4. The smallest absolute Gasteiger partial charge is 0.231 e. The topological polar surface area (TPSA) is 47.6 Å². The third kappa shape index (κ3) is 2.91. The third-order valence-electron chi connectivity index (χ3n) is 5.72. The van der Waals surface area contributed by atoms with E-state index in [1.807, 2.05) is 12.1 Å². The molecule has 0 aromatic heterocycles. The maximum Gasteiger partial charge on any atom is 0.231 e. The second-order valence-corrected chi connectivity index (χ2v) is 7.30. The molecule has 1 amide bonds. The Kier molecular flexibility index (Phi) is 3.92. The van der Waals surface area contributed by atoms with E-state index in [0.29, 0.717) is 12.3 Å². The largest absolute Gasteiger partial charge is 0.454 e. The molecule has 2 saturated carbocycles. The summed E-state index contributed by atoms with van der Waals surface area (Å²) in [6, 6.07) is 3.94. The Morgan fingerprint density at radius 1 is 1.22 bits per heavy atom. The summed E-state index contributed by atoms with van der Waals surface area (Å²) in [4.78, 5) is 12.5. The van der Waals surface area contributed by atoms with E-state index in [4.69, 9.17) is 9.47 Å². The van der Waals surface area contributed by atoms with Crippen LogP contribution in [0.1, 0.15) is 51.0 Å². The van der Waals surface area contributed by atoms with Gasteiger partial charge < -0.3 is 14.8 Å². The number of benzene rings is 1. The Bertz CT molecular complexity index is 613. The second-order valence-electron chi connectivity index (χ2n) is 7.30. The molecule has 4 nitrogen and oxygen atoms in total. The van der Waals surface area contributed by atoms with Crippen LogP contribution in [0.15, 0.2) is 12.1 Å². The van der Waals surface area contributed by atoms with Gasteiger partial charge in [-0.15, -0.1) is 0 Å². The summed E-state index contributed by atoms with van der Waals surface area (Å²) in [5, 5.41) is 3.14. The Morgan fingerprint density at radius 3 is 2.74 bits per heavy atom. The van der Waals surface area contributed by atoms with Crippen LogP contribution in [0.5, 0.6) is 11.5 Å².